The maximum atomic E-state index is 13.3. The number of carbonyl (C=O) groups excluding carboxylic acids is 1. The van der Waals surface area contributed by atoms with Gasteiger partial charge in [0.15, 0.2) is 5.82 Å². The first-order valence-electron chi connectivity index (χ1n) is 7.60. The molecule has 2 N–H and O–H groups in total. The predicted molar refractivity (Wildman–Crippen MR) is 84.0 cm³/mol. The minimum Gasteiger partial charge on any atom is -0.359 e. The van der Waals surface area contributed by atoms with Gasteiger partial charge in [-0.15, -0.1) is 0 Å². The van der Waals surface area contributed by atoms with E-state index in [0.29, 0.717) is 17.3 Å². The summed E-state index contributed by atoms with van der Waals surface area (Å²) in [5, 5.41) is 5.91. The van der Waals surface area contributed by atoms with Crippen LogP contribution in [0.3, 0.4) is 0 Å². The molecule has 2 unspecified atom stereocenters. The van der Waals surface area contributed by atoms with Crippen molar-refractivity contribution < 1.29 is 9.18 Å². The van der Waals surface area contributed by atoms with Gasteiger partial charge < -0.3 is 10.6 Å². The van der Waals surface area contributed by atoms with Crippen molar-refractivity contribution in [3.05, 3.63) is 36.4 Å². The second-order valence-corrected chi connectivity index (χ2v) is 5.55. The molecule has 0 spiro atoms. The molecule has 6 nitrogen and oxygen atoms in total. The van der Waals surface area contributed by atoms with Crippen molar-refractivity contribution in [2.24, 2.45) is 5.92 Å². The van der Waals surface area contributed by atoms with Gasteiger partial charge in [-0.2, -0.15) is 4.98 Å². The molecular weight excluding hydrogens is 297 g/mol. The Kier molecular flexibility index (Phi) is 4.45. The molecule has 0 saturated heterocycles. The first-order valence-corrected chi connectivity index (χ1v) is 7.60. The van der Waals surface area contributed by atoms with Crippen LogP contribution in [0.15, 0.2) is 30.6 Å². The summed E-state index contributed by atoms with van der Waals surface area (Å²) in [6, 6.07) is 6.10. The average molecular weight is 315 g/mol. The SMILES string of the molecule is CNC(=O)C1CCCC1Nc1ncnc(-c2cccc(F)c2)n1. The Morgan fingerprint density at radius 2 is 2.17 bits per heavy atom. The van der Waals surface area contributed by atoms with Gasteiger partial charge >= 0.3 is 0 Å². The highest BCUT2D eigenvalue weighted by molar-refractivity contribution is 5.79. The number of hydrogen-bond acceptors (Lipinski definition) is 5. The molecule has 7 heteroatoms. The third-order valence-electron chi connectivity index (χ3n) is 4.07. The lowest BCUT2D eigenvalue weighted by Gasteiger charge is -2.19. The fraction of sp³-hybridized carbons (Fsp3) is 0.375. The Morgan fingerprint density at radius 3 is 2.96 bits per heavy atom. The van der Waals surface area contributed by atoms with Gasteiger partial charge in [-0.1, -0.05) is 18.6 Å². The molecule has 1 saturated carbocycles. The molecule has 1 fully saturated rings. The molecule has 1 aliphatic carbocycles. The third-order valence-corrected chi connectivity index (χ3v) is 4.07. The molecule has 0 bridgehead atoms. The number of anilines is 1. The number of halogens is 1. The largest absolute Gasteiger partial charge is 0.359 e. The van der Waals surface area contributed by atoms with Crippen molar-refractivity contribution in [2.75, 3.05) is 12.4 Å². The van der Waals surface area contributed by atoms with E-state index < -0.39 is 0 Å². The van der Waals surface area contributed by atoms with Gasteiger partial charge in [0.05, 0.1) is 5.92 Å². The number of aromatic nitrogens is 3. The van der Waals surface area contributed by atoms with E-state index >= 15 is 0 Å². The molecule has 23 heavy (non-hydrogen) atoms. The van der Waals surface area contributed by atoms with Gasteiger partial charge in [0.1, 0.15) is 12.1 Å². The molecule has 120 valence electrons. The van der Waals surface area contributed by atoms with E-state index in [-0.39, 0.29) is 23.7 Å². The Morgan fingerprint density at radius 1 is 1.30 bits per heavy atom. The van der Waals surface area contributed by atoms with Crippen molar-refractivity contribution in [1.29, 1.82) is 0 Å². The number of rotatable bonds is 4. The number of benzene rings is 1. The van der Waals surface area contributed by atoms with E-state index in [0.717, 1.165) is 19.3 Å². The van der Waals surface area contributed by atoms with Crippen LogP contribution in [0.1, 0.15) is 19.3 Å². The van der Waals surface area contributed by atoms with Crippen LogP contribution in [-0.2, 0) is 4.79 Å². The minimum absolute atomic E-state index is 0.00212. The summed E-state index contributed by atoms with van der Waals surface area (Å²) in [7, 11) is 1.64. The average Bonchev–Trinajstić information content (AvgIpc) is 3.02. The van der Waals surface area contributed by atoms with E-state index in [4.69, 9.17) is 0 Å². The van der Waals surface area contributed by atoms with Crippen LogP contribution in [0, 0.1) is 11.7 Å². The van der Waals surface area contributed by atoms with Crippen molar-refractivity contribution >= 4 is 11.9 Å². The molecule has 2 atom stereocenters. The van der Waals surface area contributed by atoms with Crippen LogP contribution in [0.2, 0.25) is 0 Å². The summed E-state index contributed by atoms with van der Waals surface area (Å²) in [4.78, 5) is 24.4. The van der Waals surface area contributed by atoms with Crippen molar-refractivity contribution in [1.82, 2.24) is 20.3 Å². The van der Waals surface area contributed by atoms with Crippen LogP contribution in [0.4, 0.5) is 10.3 Å². The highest BCUT2D eigenvalue weighted by atomic mass is 19.1. The molecular formula is C16H18FN5O. The van der Waals surface area contributed by atoms with Crippen molar-refractivity contribution in [2.45, 2.75) is 25.3 Å². The summed E-state index contributed by atoms with van der Waals surface area (Å²) >= 11 is 0. The number of amides is 1. The predicted octanol–water partition coefficient (Wildman–Crippen LogP) is 2.00. The Hall–Kier alpha value is -2.57. The highest BCUT2D eigenvalue weighted by Crippen LogP contribution is 2.28. The quantitative estimate of drug-likeness (QED) is 0.902. The van der Waals surface area contributed by atoms with Crippen LogP contribution >= 0.6 is 0 Å². The standard InChI is InChI=1S/C16H18FN5O/c1-18-15(23)12-6-3-7-13(12)21-16-20-9-19-14(22-16)10-4-2-5-11(17)8-10/h2,4-5,8-9,12-13H,3,6-7H2,1H3,(H,18,23)(H,19,20,21,22). The van der Waals surface area contributed by atoms with E-state index in [1.165, 1.54) is 18.5 Å². The molecule has 1 heterocycles. The molecule has 3 rings (SSSR count). The van der Waals surface area contributed by atoms with Crippen LogP contribution in [0.25, 0.3) is 11.4 Å². The van der Waals surface area contributed by atoms with Gasteiger partial charge in [0.2, 0.25) is 11.9 Å². The number of nitrogens with one attached hydrogen (secondary N) is 2. The summed E-state index contributed by atoms with van der Waals surface area (Å²) in [5.41, 5.74) is 0.588. The molecule has 1 aromatic carbocycles. The van der Waals surface area contributed by atoms with E-state index in [1.807, 2.05) is 0 Å². The van der Waals surface area contributed by atoms with Crippen molar-refractivity contribution in [3.8, 4) is 11.4 Å². The summed E-state index contributed by atoms with van der Waals surface area (Å²) in [6.45, 7) is 0. The topological polar surface area (TPSA) is 79.8 Å². The molecule has 1 aromatic heterocycles. The van der Waals surface area contributed by atoms with Gasteiger partial charge in [-0.3, -0.25) is 4.79 Å². The highest BCUT2D eigenvalue weighted by Gasteiger charge is 2.32. The zero-order valence-electron chi connectivity index (χ0n) is 12.8. The van der Waals surface area contributed by atoms with Gasteiger partial charge in [-0.25, -0.2) is 14.4 Å². The molecule has 2 aromatic rings. The van der Waals surface area contributed by atoms with Crippen LogP contribution in [-0.4, -0.2) is 33.9 Å². The van der Waals surface area contributed by atoms with E-state index in [9.17, 15) is 9.18 Å². The lowest BCUT2D eigenvalue weighted by atomic mass is 10.0. The Labute approximate surface area is 133 Å². The first kappa shape index (κ1) is 15.3. The molecule has 1 amide bonds. The maximum absolute atomic E-state index is 13.3. The molecule has 1 aliphatic rings. The summed E-state index contributed by atoms with van der Waals surface area (Å²) in [5.74, 6) is 0.401. The van der Waals surface area contributed by atoms with E-state index in [1.54, 1.807) is 19.2 Å². The van der Waals surface area contributed by atoms with Gasteiger partial charge in [0.25, 0.3) is 0 Å². The van der Waals surface area contributed by atoms with Gasteiger partial charge in [0, 0.05) is 18.7 Å². The fourth-order valence-electron chi connectivity index (χ4n) is 2.93. The van der Waals surface area contributed by atoms with Crippen LogP contribution < -0.4 is 10.6 Å². The first-order chi connectivity index (χ1) is 11.2. The minimum atomic E-state index is -0.340. The Bertz CT molecular complexity index is 708. The molecule has 0 radical (unpaired) electrons. The van der Waals surface area contributed by atoms with E-state index in [2.05, 4.69) is 25.6 Å². The number of hydrogen-bond donors (Lipinski definition) is 2. The maximum Gasteiger partial charge on any atom is 0.226 e. The van der Waals surface area contributed by atoms with Crippen molar-refractivity contribution in [3.63, 3.8) is 0 Å². The fourth-order valence-corrected chi connectivity index (χ4v) is 2.93. The monoisotopic (exact) mass is 315 g/mol. The van der Waals surface area contributed by atoms with Gasteiger partial charge in [-0.05, 0) is 25.0 Å². The Balaban J connectivity index is 1.79. The smallest absolute Gasteiger partial charge is 0.226 e. The number of nitrogens with zero attached hydrogens (tertiary/aromatic N) is 3. The lowest BCUT2D eigenvalue weighted by Crippen LogP contribution is -2.36. The van der Waals surface area contributed by atoms with Crippen LogP contribution in [0.5, 0.6) is 0 Å². The second kappa shape index (κ2) is 6.68. The zero-order valence-corrected chi connectivity index (χ0v) is 12.8. The second-order valence-electron chi connectivity index (χ2n) is 5.55. The summed E-state index contributed by atoms with van der Waals surface area (Å²) < 4.78 is 13.3. The third kappa shape index (κ3) is 3.44. The molecule has 0 aliphatic heterocycles. The zero-order chi connectivity index (χ0) is 16.2. The lowest BCUT2D eigenvalue weighted by molar-refractivity contribution is -0.124. The number of carbonyl (C=O) groups is 1. The normalized spacial score (nSPS) is 20.3. The summed E-state index contributed by atoms with van der Waals surface area (Å²) in [6.07, 6.45) is 4.11.